The first kappa shape index (κ1) is 16.3. The fourth-order valence-electron chi connectivity index (χ4n) is 3.85. The minimum atomic E-state index is -0.832. The second-order valence-electron chi connectivity index (χ2n) is 7.01. The maximum Gasteiger partial charge on any atom is 0.240 e. The first-order chi connectivity index (χ1) is 10.2. The molecule has 2 saturated carbocycles. The van der Waals surface area contributed by atoms with Crippen LogP contribution in [0.4, 0.5) is 0 Å². The van der Waals surface area contributed by atoms with E-state index < -0.39 is 5.41 Å². The molecule has 0 aromatic rings. The van der Waals surface area contributed by atoms with Crippen molar-refractivity contribution in [3.8, 4) is 6.07 Å². The fraction of sp³-hybridized carbons (Fsp3) is 0.882. The van der Waals surface area contributed by atoms with E-state index in [0.717, 1.165) is 51.4 Å². The Morgan fingerprint density at radius 2 is 1.52 bits per heavy atom. The molecule has 0 aliphatic heterocycles. The molecule has 0 unspecified atom stereocenters. The lowest BCUT2D eigenvalue weighted by atomic mass is 9.74. The van der Waals surface area contributed by atoms with Crippen LogP contribution in [0.3, 0.4) is 0 Å². The summed E-state index contributed by atoms with van der Waals surface area (Å²) in [5.74, 6) is -0.106. The van der Waals surface area contributed by atoms with Gasteiger partial charge in [0.2, 0.25) is 5.91 Å². The van der Waals surface area contributed by atoms with E-state index in [4.69, 9.17) is 0 Å². The summed E-state index contributed by atoms with van der Waals surface area (Å²) in [6.45, 7) is 0.651. The molecular weight excluding hydrogens is 264 g/mol. The zero-order chi connectivity index (χ0) is 15.2. The topological polar surface area (TPSA) is 73.1 Å². The highest BCUT2D eigenvalue weighted by Gasteiger charge is 2.40. The molecule has 2 aliphatic rings. The monoisotopic (exact) mass is 292 g/mol. The van der Waals surface area contributed by atoms with E-state index in [0.29, 0.717) is 19.4 Å². The van der Waals surface area contributed by atoms with Crippen molar-refractivity contribution in [2.75, 3.05) is 13.2 Å². The van der Waals surface area contributed by atoms with Crippen molar-refractivity contribution in [2.45, 2.75) is 70.6 Å². The summed E-state index contributed by atoms with van der Waals surface area (Å²) in [7, 11) is 0. The van der Waals surface area contributed by atoms with Gasteiger partial charge in [0.25, 0.3) is 0 Å². The normalized spacial score (nSPS) is 24.6. The molecule has 2 fully saturated rings. The fourth-order valence-corrected chi connectivity index (χ4v) is 3.85. The average molecular weight is 292 g/mol. The van der Waals surface area contributed by atoms with Gasteiger partial charge in [0.1, 0.15) is 5.41 Å². The Labute approximate surface area is 127 Å². The Balaban J connectivity index is 1.97. The quantitative estimate of drug-likeness (QED) is 0.782. The molecule has 0 saturated heterocycles. The molecule has 4 heteroatoms. The summed E-state index contributed by atoms with van der Waals surface area (Å²) in [5.41, 5.74) is -0.989. The standard InChI is InChI=1S/C17H28N2O2/c18-12-17(10-6-1-2-7-11-17)15(21)19-13-16(14-20)8-4-3-5-9-16/h20H,1-11,13-14H2,(H,19,21). The summed E-state index contributed by atoms with van der Waals surface area (Å²) in [5, 5.41) is 22.3. The highest BCUT2D eigenvalue weighted by atomic mass is 16.3. The molecule has 2 rings (SSSR count). The predicted octanol–water partition coefficient (Wildman–Crippen LogP) is 2.91. The van der Waals surface area contributed by atoms with Crippen LogP contribution < -0.4 is 5.32 Å². The van der Waals surface area contributed by atoms with E-state index in [1.54, 1.807) is 0 Å². The first-order valence-corrected chi connectivity index (χ1v) is 8.47. The van der Waals surface area contributed by atoms with Gasteiger partial charge in [-0.1, -0.05) is 44.9 Å². The lowest BCUT2D eigenvalue weighted by Gasteiger charge is -2.36. The van der Waals surface area contributed by atoms with Crippen molar-refractivity contribution in [2.24, 2.45) is 10.8 Å². The third-order valence-corrected chi connectivity index (χ3v) is 5.48. The number of carbonyl (C=O) groups excluding carboxylic acids is 1. The van der Waals surface area contributed by atoms with Crippen LogP contribution in [-0.4, -0.2) is 24.2 Å². The van der Waals surface area contributed by atoms with Crippen molar-refractivity contribution >= 4 is 5.91 Å². The highest BCUT2D eigenvalue weighted by Crippen LogP contribution is 2.37. The molecule has 0 heterocycles. The minimum Gasteiger partial charge on any atom is -0.396 e. The molecule has 0 aromatic heterocycles. The predicted molar refractivity (Wildman–Crippen MR) is 81.4 cm³/mol. The van der Waals surface area contributed by atoms with Crippen LogP contribution in [-0.2, 0) is 4.79 Å². The second kappa shape index (κ2) is 7.26. The molecule has 0 radical (unpaired) electrons. The molecule has 0 spiro atoms. The highest BCUT2D eigenvalue weighted by molar-refractivity contribution is 5.85. The van der Waals surface area contributed by atoms with E-state index in [1.165, 1.54) is 6.42 Å². The largest absolute Gasteiger partial charge is 0.396 e. The molecule has 2 N–H and O–H groups in total. The van der Waals surface area contributed by atoms with Gasteiger partial charge >= 0.3 is 0 Å². The van der Waals surface area contributed by atoms with Crippen LogP contribution in [0.2, 0.25) is 0 Å². The van der Waals surface area contributed by atoms with E-state index in [9.17, 15) is 15.2 Å². The van der Waals surface area contributed by atoms with Crippen molar-refractivity contribution in [3.05, 3.63) is 0 Å². The van der Waals surface area contributed by atoms with Gasteiger partial charge in [-0.05, 0) is 25.7 Å². The van der Waals surface area contributed by atoms with E-state index in [-0.39, 0.29) is 17.9 Å². The van der Waals surface area contributed by atoms with Crippen molar-refractivity contribution in [3.63, 3.8) is 0 Å². The third-order valence-electron chi connectivity index (χ3n) is 5.48. The first-order valence-electron chi connectivity index (χ1n) is 8.47. The molecule has 0 aromatic carbocycles. The van der Waals surface area contributed by atoms with Crippen LogP contribution in [0.1, 0.15) is 70.6 Å². The summed E-state index contributed by atoms with van der Waals surface area (Å²) in [6.07, 6.45) is 11.0. The minimum absolute atomic E-state index is 0.106. The number of aliphatic hydroxyl groups excluding tert-OH is 1. The lowest BCUT2D eigenvalue weighted by molar-refractivity contribution is -0.129. The number of hydrogen-bond donors (Lipinski definition) is 2. The molecule has 0 atom stereocenters. The molecule has 0 bridgehead atoms. The smallest absolute Gasteiger partial charge is 0.240 e. The van der Waals surface area contributed by atoms with Gasteiger partial charge < -0.3 is 10.4 Å². The summed E-state index contributed by atoms with van der Waals surface area (Å²) < 4.78 is 0. The Hall–Kier alpha value is -1.08. The Morgan fingerprint density at radius 3 is 2.05 bits per heavy atom. The number of amides is 1. The van der Waals surface area contributed by atoms with Crippen molar-refractivity contribution < 1.29 is 9.90 Å². The second-order valence-corrected chi connectivity index (χ2v) is 7.01. The van der Waals surface area contributed by atoms with Gasteiger partial charge in [0.15, 0.2) is 0 Å². The summed E-state index contributed by atoms with van der Waals surface area (Å²) >= 11 is 0. The Kier molecular flexibility index (Phi) is 5.64. The van der Waals surface area contributed by atoms with Gasteiger partial charge in [-0.15, -0.1) is 0 Å². The number of hydrogen-bond acceptors (Lipinski definition) is 3. The van der Waals surface area contributed by atoms with Crippen LogP contribution in [0.25, 0.3) is 0 Å². The molecule has 118 valence electrons. The maximum atomic E-state index is 12.6. The SMILES string of the molecule is N#CC1(C(=O)NCC2(CO)CCCCC2)CCCCCC1. The zero-order valence-electron chi connectivity index (χ0n) is 13.0. The number of nitrogens with one attached hydrogen (secondary N) is 1. The van der Waals surface area contributed by atoms with Gasteiger partial charge in [-0.25, -0.2) is 0 Å². The molecule has 4 nitrogen and oxygen atoms in total. The van der Waals surface area contributed by atoms with Gasteiger partial charge in [-0.3, -0.25) is 4.79 Å². The van der Waals surface area contributed by atoms with E-state index in [2.05, 4.69) is 11.4 Å². The van der Waals surface area contributed by atoms with Gasteiger partial charge in [0.05, 0.1) is 12.7 Å². The molecule has 21 heavy (non-hydrogen) atoms. The molecule has 1 amide bonds. The van der Waals surface area contributed by atoms with Gasteiger partial charge in [0, 0.05) is 12.0 Å². The number of aliphatic hydroxyl groups is 1. The van der Waals surface area contributed by atoms with Crippen LogP contribution >= 0.6 is 0 Å². The lowest BCUT2D eigenvalue weighted by Crippen LogP contribution is -2.46. The number of nitriles is 1. The van der Waals surface area contributed by atoms with Crippen molar-refractivity contribution in [1.82, 2.24) is 5.32 Å². The number of rotatable bonds is 4. The van der Waals surface area contributed by atoms with E-state index in [1.807, 2.05) is 0 Å². The third kappa shape index (κ3) is 3.77. The average Bonchev–Trinajstić information content (AvgIpc) is 2.80. The van der Waals surface area contributed by atoms with E-state index >= 15 is 0 Å². The molecular formula is C17H28N2O2. The van der Waals surface area contributed by atoms with Crippen LogP contribution in [0.5, 0.6) is 0 Å². The van der Waals surface area contributed by atoms with Crippen LogP contribution in [0, 0.1) is 22.2 Å². The number of carbonyl (C=O) groups is 1. The van der Waals surface area contributed by atoms with Gasteiger partial charge in [-0.2, -0.15) is 5.26 Å². The molecule has 2 aliphatic carbocycles. The summed E-state index contributed by atoms with van der Waals surface area (Å²) in [6, 6.07) is 2.30. The maximum absolute atomic E-state index is 12.6. The Morgan fingerprint density at radius 1 is 1.00 bits per heavy atom. The summed E-state index contributed by atoms with van der Waals surface area (Å²) in [4.78, 5) is 12.6. The van der Waals surface area contributed by atoms with Crippen LogP contribution in [0.15, 0.2) is 0 Å². The zero-order valence-corrected chi connectivity index (χ0v) is 13.0. The Bertz CT molecular complexity index is 386. The van der Waals surface area contributed by atoms with Crippen molar-refractivity contribution in [1.29, 1.82) is 5.26 Å². The number of nitrogens with zero attached hydrogens (tertiary/aromatic N) is 1.